The van der Waals surface area contributed by atoms with Gasteiger partial charge in [0, 0.05) is 0 Å². The standard InChI is InChI=1S/C5H12O2S/c1-4(2,6)5(3,7)8/h6-8H,1-3H3. The minimum absolute atomic E-state index is 1.14. The lowest BCUT2D eigenvalue weighted by Gasteiger charge is -2.30. The fourth-order valence-corrected chi connectivity index (χ4v) is 0. The molecule has 3 heteroatoms. The van der Waals surface area contributed by atoms with Crippen LogP contribution in [0.3, 0.4) is 0 Å². The van der Waals surface area contributed by atoms with Gasteiger partial charge in [-0.3, -0.25) is 0 Å². The van der Waals surface area contributed by atoms with Gasteiger partial charge in [-0.2, -0.15) is 0 Å². The van der Waals surface area contributed by atoms with E-state index in [0.29, 0.717) is 0 Å². The zero-order valence-electron chi connectivity index (χ0n) is 5.34. The second-order valence-corrected chi connectivity index (χ2v) is 3.45. The van der Waals surface area contributed by atoms with Crippen LogP contribution in [-0.4, -0.2) is 20.7 Å². The smallest absolute Gasteiger partial charge is 0.132 e. The molecule has 0 amide bonds. The molecule has 0 aromatic heterocycles. The minimum atomic E-state index is -1.31. The molecule has 0 bridgehead atoms. The first-order valence-electron chi connectivity index (χ1n) is 2.42. The van der Waals surface area contributed by atoms with E-state index in [2.05, 4.69) is 12.6 Å². The third-order valence-corrected chi connectivity index (χ3v) is 1.71. The number of aliphatic hydroxyl groups is 2. The van der Waals surface area contributed by atoms with Gasteiger partial charge in [0.25, 0.3) is 0 Å². The van der Waals surface area contributed by atoms with Gasteiger partial charge in [-0.05, 0) is 20.8 Å². The van der Waals surface area contributed by atoms with Crippen molar-refractivity contribution in [3.8, 4) is 0 Å². The van der Waals surface area contributed by atoms with Crippen LogP contribution in [0.25, 0.3) is 0 Å². The summed E-state index contributed by atoms with van der Waals surface area (Å²) in [6.45, 7) is 4.44. The lowest BCUT2D eigenvalue weighted by molar-refractivity contribution is -0.0589. The third kappa shape index (κ3) is 2.03. The zero-order valence-corrected chi connectivity index (χ0v) is 6.24. The highest BCUT2D eigenvalue weighted by Gasteiger charge is 2.33. The molecule has 0 aliphatic carbocycles. The van der Waals surface area contributed by atoms with Gasteiger partial charge in [-0.15, -0.1) is 12.6 Å². The van der Waals surface area contributed by atoms with Crippen molar-refractivity contribution in [2.45, 2.75) is 31.3 Å². The molecule has 8 heavy (non-hydrogen) atoms. The summed E-state index contributed by atoms with van der Waals surface area (Å²) in [6, 6.07) is 0. The largest absolute Gasteiger partial charge is 0.387 e. The number of hydrogen-bond donors (Lipinski definition) is 3. The average molecular weight is 136 g/mol. The normalized spacial score (nSPS) is 20.2. The number of hydrogen-bond acceptors (Lipinski definition) is 3. The van der Waals surface area contributed by atoms with Crippen LogP contribution in [0.4, 0.5) is 0 Å². The van der Waals surface area contributed by atoms with E-state index in [9.17, 15) is 0 Å². The van der Waals surface area contributed by atoms with E-state index in [1.54, 1.807) is 0 Å². The van der Waals surface area contributed by atoms with Crippen LogP contribution < -0.4 is 0 Å². The topological polar surface area (TPSA) is 40.5 Å². The van der Waals surface area contributed by atoms with E-state index >= 15 is 0 Å². The molecule has 0 aromatic rings. The quantitative estimate of drug-likeness (QED) is 0.360. The first-order valence-corrected chi connectivity index (χ1v) is 2.87. The Labute approximate surface area is 54.9 Å². The van der Waals surface area contributed by atoms with Gasteiger partial charge in [-0.1, -0.05) is 0 Å². The van der Waals surface area contributed by atoms with Crippen molar-refractivity contribution in [3.05, 3.63) is 0 Å². The molecule has 0 saturated heterocycles. The predicted octanol–water partition coefficient (Wildman–Crippen LogP) is 0.396. The molecule has 0 aromatic carbocycles. The van der Waals surface area contributed by atoms with Crippen LogP contribution in [0.2, 0.25) is 0 Å². The van der Waals surface area contributed by atoms with E-state index in [4.69, 9.17) is 10.2 Å². The fourth-order valence-electron chi connectivity index (χ4n) is 0. The van der Waals surface area contributed by atoms with Gasteiger partial charge in [0.15, 0.2) is 0 Å². The molecule has 2 nitrogen and oxygen atoms in total. The van der Waals surface area contributed by atoms with Crippen molar-refractivity contribution in [3.63, 3.8) is 0 Å². The Bertz CT molecular complexity index is 65.4. The predicted molar refractivity (Wildman–Crippen MR) is 35.9 cm³/mol. The Morgan fingerprint density at radius 2 is 1.25 bits per heavy atom. The van der Waals surface area contributed by atoms with Crippen molar-refractivity contribution >= 4 is 12.6 Å². The van der Waals surface area contributed by atoms with E-state index in [1.165, 1.54) is 20.8 Å². The molecule has 0 spiro atoms. The van der Waals surface area contributed by atoms with Crippen LogP contribution in [0.1, 0.15) is 20.8 Å². The van der Waals surface area contributed by atoms with Gasteiger partial charge >= 0.3 is 0 Å². The van der Waals surface area contributed by atoms with E-state index in [-0.39, 0.29) is 0 Å². The summed E-state index contributed by atoms with van der Waals surface area (Å²) in [5, 5.41) is 18.0. The molecule has 1 unspecified atom stereocenters. The highest BCUT2D eigenvalue weighted by atomic mass is 32.1. The number of rotatable bonds is 1. The van der Waals surface area contributed by atoms with E-state index < -0.39 is 10.5 Å². The average Bonchev–Trinajstić information content (AvgIpc) is 1.25. The second kappa shape index (κ2) is 1.90. The molecular weight excluding hydrogens is 124 g/mol. The molecule has 1 atom stereocenters. The molecule has 0 fully saturated rings. The molecule has 2 N–H and O–H groups in total. The minimum Gasteiger partial charge on any atom is -0.387 e. The maximum atomic E-state index is 9.03. The maximum absolute atomic E-state index is 9.03. The van der Waals surface area contributed by atoms with E-state index in [0.717, 1.165) is 0 Å². The van der Waals surface area contributed by atoms with E-state index in [1.807, 2.05) is 0 Å². The highest BCUT2D eigenvalue weighted by molar-refractivity contribution is 7.81. The number of thiol groups is 1. The van der Waals surface area contributed by atoms with Crippen molar-refractivity contribution < 1.29 is 10.2 Å². The molecule has 0 saturated carbocycles. The lowest BCUT2D eigenvalue weighted by Crippen LogP contribution is -2.42. The Morgan fingerprint density at radius 1 is 1.12 bits per heavy atom. The third-order valence-electron chi connectivity index (χ3n) is 1.16. The fraction of sp³-hybridized carbons (Fsp3) is 1.00. The summed E-state index contributed by atoms with van der Waals surface area (Å²) >= 11 is 3.74. The summed E-state index contributed by atoms with van der Waals surface area (Å²) < 4.78 is 0. The molecule has 50 valence electrons. The van der Waals surface area contributed by atoms with Crippen LogP contribution in [0.5, 0.6) is 0 Å². The van der Waals surface area contributed by atoms with Crippen molar-refractivity contribution in [1.29, 1.82) is 0 Å². The van der Waals surface area contributed by atoms with Crippen LogP contribution in [0.15, 0.2) is 0 Å². The second-order valence-electron chi connectivity index (χ2n) is 2.58. The summed E-state index contributed by atoms with van der Waals surface area (Å²) in [4.78, 5) is -1.31. The Balaban J connectivity index is 4.02. The molecule has 0 rings (SSSR count). The molecule has 0 heterocycles. The summed E-state index contributed by atoms with van der Waals surface area (Å²) in [5.41, 5.74) is -1.14. The molecule has 0 aliphatic heterocycles. The summed E-state index contributed by atoms with van der Waals surface area (Å²) in [5.74, 6) is 0. The SMILES string of the molecule is CC(C)(O)C(C)(O)S. The van der Waals surface area contributed by atoms with Crippen molar-refractivity contribution in [2.75, 3.05) is 0 Å². The first-order chi connectivity index (χ1) is 3.25. The highest BCUT2D eigenvalue weighted by Crippen LogP contribution is 2.23. The van der Waals surface area contributed by atoms with Crippen LogP contribution in [0, 0.1) is 0 Å². The first kappa shape index (κ1) is 8.27. The Morgan fingerprint density at radius 3 is 1.25 bits per heavy atom. The molecular formula is C5H12O2S. The van der Waals surface area contributed by atoms with Gasteiger partial charge in [0.1, 0.15) is 4.93 Å². The summed E-state index contributed by atoms with van der Waals surface area (Å²) in [6.07, 6.45) is 0. The van der Waals surface area contributed by atoms with Gasteiger partial charge in [0.2, 0.25) is 0 Å². The Hall–Kier alpha value is 0.270. The molecule has 0 aliphatic rings. The molecule has 0 radical (unpaired) electrons. The summed E-state index contributed by atoms with van der Waals surface area (Å²) in [7, 11) is 0. The lowest BCUT2D eigenvalue weighted by atomic mass is 10.0. The van der Waals surface area contributed by atoms with Crippen LogP contribution in [-0.2, 0) is 0 Å². The van der Waals surface area contributed by atoms with Gasteiger partial charge in [-0.25, -0.2) is 0 Å². The van der Waals surface area contributed by atoms with Crippen molar-refractivity contribution in [2.24, 2.45) is 0 Å². The maximum Gasteiger partial charge on any atom is 0.132 e. The van der Waals surface area contributed by atoms with Crippen LogP contribution >= 0.6 is 12.6 Å². The Kier molecular flexibility index (Phi) is 1.96. The van der Waals surface area contributed by atoms with Gasteiger partial charge in [0.05, 0.1) is 5.60 Å². The van der Waals surface area contributed by atoms with Gasteiger partial charge < -0.3 is 10.2 Å². The van der Waals surface area contributed by atoms with Crippen molar-refractivity contribution in [1.82, 2.24) is 0 Å². The monoisotopic (exact) mass is 136 g/mol. The zero-order chi connectivity index (χ0) is 7.00.